The Morgan fingerprint density at radius 2 is 1.96 bits per heavy atom. The van der Waals surface area contributed by atoms with Crippen LogP contribution in [0.4, 0.5) is 0 Å². The molecule has 0 aliphatic carbocycles. The lowest BCUT2D eigenvalue weighted by Gasteiger charge is -2.36. The fourth-order valence-corrected chi connectivity index (χ4v) is 3.67. The standard InChI is InChI=1S/C21H25BrN2O2/c1-15(17-7-4-3-5-8-17)23-21(25)16(2)24-11-12-26-20(14-24)18-9-6-10-19(22)13-18/h3-10,13,15-16,20H,11-12,14H2,1-2H3,(H,23,25). The topological polar surface area (TPSA) is 41.6 Å². The minimum absolute atomic E-state index is 0.00642. The summed E-state index contributed by atoms with van der Waals surface area (Å²) in [6.45, 7) is 6.09. The van der Waals surface area contributed by atoms with Crippen molar-refractivity contribution in [1.29, 1.82) is 0 Å². The Labute approximate surface area is 163 Å². The van der Waals surface area contributed by atoms with Crippen LogP contribution < -0.4 is 5.32 Å². The molecule has 1 aliphatic heterocycles. The molecule has 0 aromatic heterocycles. The van der Waals surface area contributed by atoms with E-state index in [0.29, 0.717) is 13.2 Å². The summed E-state index contributed by atoms with van der Waals surface area (Å²) in [5.41, 5.74) is 2.25. The maximum atomic E-state index is 12.7. The number of amides is 1. The Hall–Kier alpha value is -1.69. The second-order valence-corrected chi connectivity index (χ2v) is 7.64. The van der Waals surface area contributed by atoms with Gasteiger partial charge < -0.3 is 10.1 Å². The van der Waals surface area contributed by atoms with E-state index in [1.807, 2.05) is 56.3 Å². The summed E-state index contributed by atoms with van der Waals surface area (Å²) in [5, 5.41) is 3.13. The summed E-state index contributed by atoms with van der Waals surface area (Å²) < 4.78 is 6.98. The first-order valence-electron chi connectivity index (χ1n) is 9.01. The normalized spacial score (nSPS) is 20.3. The Bertz CT molecular complexity index is 738. The molecule has 3 unspecified atom stereocenters. The molecule has 0 saturated carbocycles. The third-order valence-electron chi connectivity index (χ3n) is 4.90. The average Bonchev–Trinajstić information content (AvgIpc) is 2.68. The van der Waals surface area contributed by atoms with Crippen LogP contribution in [0.25, 0.3) is 0 Å². The number of morpholine rings is 1. The molecule has 0 radical (unpaired) electrons. The lowest BCUT2D eigenvalue weighted by Crippen LogP contribution is -2.50. The number of carbonyl (C=O) groups is 1. The van der Waals surface area contributed by atoms with Crippen molar-refractivity contribution in [2.45, 2.75) is 32.0 Å². The highest BCUT2D eigenvalue weighted by molar-refractivity contribution is 9.10. The molecule has 0 bridgehead atoms. The van der Waals surface area contributed by atoms with Crippen LogP contribution in [0, 0.1) is 0 Å². The minimum Gasteiger partial charge on any atom is -0.371 e. The Morgan fingerprint density at radius 3 is 2.69 bits per heavy atom. The van der Waals surface area contributed by atoms with Gasteiger partial charge in [-0.05, 0) is 37.1 Å². The van der Waals surface area contributed by atoms with Crippen molar-refractivity contribution in [2.24, 2.45) is 0 Å². The Kier molecular flexibility index (Phi) is 6.46. The SMILES string of the molecule is CC(NC(=O)C(C)N1CCOC(c2cccc(Br)c2)C1)c1ccccc1. The van der Waals surface area contributed by atoms with Gasteiger partial charge in [0, 0.05) is 17.6 Å². The van der Waals surface area contributed by atoms with Gasteiger partial charge >= 0.3 is 0 Å². The third-order valence-corrected chi connectivity index (χ3v) is 5.40. The number of halogens is 1. The third kappa shape index (κ3) is 4.72. The molecule has 3 atom stereocenters. The molecule has 2 aromatic carbocycles. The van der Waals surface area contributed by atoms with Gasteiger partial charge in [-0.2, -0.15) is 0 Å². The molecule has 1 fully saturated rings. The summed E-state index contributed by atoms with van der Waals surface area (Å²) in [7, 11) is 0. The number of ether oxygens (including phenoxy) is 1. The van der Waals surface area contributed by atoms with Crippen LogP contribution in [0.1, 0.15) is 37.1 Å². The predicted octanol–water partition coefficient (Wildman–Crippen LogP) is 4.09. The summed E-state index contributed by atoms with van der Waals surface area (Å²) in [5.74, 6) is 0.0521. The van der Waals surface area contributed by atoms with E-state index < -0.39 is 0 Å². The zero-order valence-corrected chi connectivity index (χ0v) is 16.8. The molecule has 138 valence electrons. The van der Waals surface area contributed by atoms with Crippen molar-refractivity contribution < 1.29 is 9.53 Å². The number of nitrogens with zero attached hydrogens (tertiary/aromatic N) is 1. The molecule has 1 heterocycles. The summed E-state index contributed by atoms with van der Waals surface area (Å²) in [6, 6.07) is 18.0. The van der Waals surface area contributed by atoms with Crippen LogP contribution in [0.3, 0.4) is 0 Å². The van der Waals surface area contributed by atoms with E-state index in [0.717, 1.165) is 22.1 Å². The van der Waals surface area contributed by atoms with Crippen molar-refractivity contribution in [3.05, 3.63) is 70.2 Å². The zero-order valence-electron chi connectivity index (χ0n) is 15.2. The van der Waals surface area contributed by atoms with Crippen molar-refractivity contribution in [1.82, 2.24) is 10.2 Å². The molecule has 4 nitrogen and oxygen atoms in total. The quantitative estimate of drug-likeness (QED) is 0.797. The van der Waals surface area contributed by atoms with Gasteiger partial charge in [0.25, 0.3) is 0 Å². The van der Waals surface area contributed by atoms with E-state index in [1.165, 1.54) is 0 Å². The summed E-state index contributed by atoms with van der Waals surface area (Å²) in [6.07, 6.45) is -0.0111. The van der Waals surface area contributed by atoms with Gasteiger partial charge in [0.15, 0.2) is 0 Å². The van der Waals surface area contributed by atoms with Gasteiger partial charge in [0.1, 0.15) is 0 Å². The molecular formula is C21H25BrN2O2. The highest BCUT2D eigenvalue weighted by atomic mass is 79.9. The number of benzene rings is 2. The fourth-order valence-electron chi connectivity index (χ4n) is 3.25. The molecule has 1 aliphatic rings. The molecule has 1 N–H and O–H groups in total. The Morgan fingerprint density at radius 1 is 1.19 bits per heavy atom. The van der Waals surface area contributed by atoms with Crippen LogP contribution in [0.15, 0.2) is 59.1 Å². The van der Waals surface area contributed by atoms with Gasteiger partial charge in [-0.15, -0.1) is 0 Å². The van der Waals surface area contributed by atoms with Crippen molar-refractivity contribution in [3.8, 4) is 0 Å². The summed E-state index contributed by atoms with van der Waals surface area (Å²) in [4.78, 5) is 14.9. The number of rotatable bonds is 5. The molecular weight excluding hydrogens is 392 g/mol. The molecule has 1 saturated heterocycles. The maximum absolute atomic E-state index is 12.7. The van der Waals surface area contributed by atoms with Crippen LogP contribution in [-0.2, 0) is 9.53 Å². The second-order valence-electron chi connectivity index (χ2n) is 6.73. The molecule has 1 amide bonds. The van der Waals surface area contributed by atoms with Crippen LogP contribution in [0.2, 0.25) is 0 Å². The van der Waals surface area contributed by atoms with Gasteiger partial charge in [-0.1, -0.05) is 58.4 Å². The van der Waals surface area contributed by atoms with Crippen molar-refractivity contribution in [3.63, 3.8) is 0 Å². The largest absolute Gasteiger partial charge is 0.371 e. The minimum atomic E-state index is -0.195. The maximum Gasteiger partial charge on any atom is 0.237 e. The lowest BCUT2D eigenvalue weighted by molar-refractivity contribution is -0.130. The van der Waals surface area contributed by atoms with E-state index >= 15 is 0 Å². The lowest BCUT2D eigenvalue weighted by atomic mass is 10.1. The van der Waals surface area contributed by atoms with E-state index in [1.54, 1.807) is 0 Å². The van der Waals surface area contributed by atoms with Gasteiger partial charge in [0.2, 0.25) is 5.91 Å². The van der Waals surface area contributed by atoms with Gasteiger partial charge in [0.05, 0.1) is 24.8 Å². The van der Waals surface area contributed by atoms with E-state index in [-0.39, 0.29) is 24.1 Å². The molecule has 0 spiro atoms. The van der Waals surface area contributed by atoms with Crippen LogP contribution in [-0.4, -0.2) is 36.5 Å². The van der Waals surface area contributed by atoms with Crippen molar-refractivity contribution in [2.75, 3.05) is 19.7 Å². The summed E-state index contributed by atoms with van der Waals surface area (Å²) >= 11 is 3.51. The first kappa shape index (κ1) is 19.1. The van der Waals surface area contributed by atoms with E-state index in [9.17, 15) is 4.79 Å². The van der Waals surface area contributed by atoms with Crippen molar-refractivity contribution >= 4 is 21.8 Å². The highest BCUT2D eigenvalue weighted by Gasteiger charge is 2.29. The Balaban J connectivity index is 1.61. The zero-order chi connectivity index (χ0) is 18.5. The number of nitrogens with one attached hydrogen (secondary N) is 1. The highest BCUT2D eigenvalue weighted by Crippen LogP contribution is 2.26. The fraction of sp³-hybridized carbons (Fsp3) is 0.381. The molecule has 2 aromatic rings. The van der Waals surface area contributed by atoms with E-state index in [2.05, 4.69) is 38.3 Å². The second kappa shape index (κ2) is 8.80. The van der Waals surface area contributed by atoms with Gasteiger partial charge in [-0.25, -0.2) is 0 Å². The molecule has 3 rings (SSSR count). The van der Waals surface area contributed by atoms with Crippen LogP contribution >= 0.6 is 15.9 Å². The van der Waals surface area contributed by atoms with Gasteiger partial charge in [-0.3, -0.25) is 9.69 Å². The predicted molar refractivity (Wildman–Crippen MR) is 107 cm³/mol. The number of carbonyl (C=O) groups excluding carboxylic acids is 1. The average molecular weight is 417 g/mol. The monoisotopic (exact) mass is 416 g/mol. The van der Waals surface area contributed by atoms with Crippen LogP contribution in [0.5, 0.6) is 0 Å². The first-order chi connectivity index (χ1) is 12.5. The first-order valence-corrected chi connectivity index (χ1v) is 9.80. The number of hydrogen-bond acceptors (Lipinski definition) is 3. The smallest absolute Gasteiger partial charge is 0.237 e. The molecule has 5 heteroatoms. The molecule has 26 heavy (non-hydrogen) atoms. The number of hydrogen-bond donors (Lipinski definition) is 1. The van der Waals surface area contributed by atoms with E-state index in [4.69, 9.17) is 4.74 Å².